The van der Waals surface area contributed by atoms with E-state index in [0.29, 0.717) is 30.3 Å². The summed E-state index contributed by atoms with van der Waals surface area (Å²) in [5, 5.41) is 7.67. The fourth-order valence-electron chi connectivity index (χ4n) is 2.54. The van der Waals surface area contributed by atoms with Gasteiger partial charge in [0, 0.05) is 25.2 Å². The standard InChI is InChI=1S/C15H17N3O3/c1-10-8-13(11(2)20-10)15(19)18-7-5-12(9-18)21-14-4-3-6-16-17-14/h3-4,6,8,12H,5,7,9H2,1-2H3/t12-/m0/s1. The number of rotatable bonds is 3. The Morgan fingerprint density at radius 2 is 2.33 bits per heavy atom. The smallest absolute Gasteiger partial charge is 0.257 e. The molecule has 3 rings (SSSR count). The second-order valence-corrected chi connectivity index (χ2v) is 5.17. The van der Waals surface area contributed by atoms with E-state index in [2.05, 4.69) is 10.2 Å². The number of carbonyl (C=O) groups excluding carboxylic acids is 1. The van der Waals surface area contributed by atoms with Crippen LogP contribution >= 0.6 is 0 Å². The molecule has 0 unspecified atom stereocenters. The van der Waals surface area contributed by atoms with Gasteiger partial charge in [0.05, 0.1) is 12.1 Å². The average Bonchev–Trinajstić information content (AvgIpc) is 3.06. The first-order valence-electron chi connectivity index (χ1n) is 6.94. The molecule has 0 radical (unpaired) electrons. The molecule has 0 spiro atoms. The predicted octanol–water partition coefficient (Wildman–Crippen LogP) is 1.98. The summed E-state index contributed by atoms with van der Waals surface area (Å²) in [4.78, 5) is 14.3. The number of ether oxygens (including phenoxy) is 1. The minimum Gasteiger partial charge on any atom is -0.471 e. The highest BCUT2D eigenvalue weighted by molar-refractivity contribution is 5.95. The molecule has 3 heterocycles. The summed E-state index contributed by atoms with van der Waals surface area (Å²) >= 11 is 0. The predicted molar refractivity (Wildman–Crippen MR) is 75.2 cm³/mol. The van der Waals surface area contributed by atoms with E-state index in [9.17, 15) is 4.79 Å². The van der Waals surface area contributed by atoms with Crippen molar-refractivity contribution in [2.24, 2.45) is 0 Å². The lowest BCUT2D eigenvalue weighted by molar-refractivity contribution is 0.0769. The lowest BCUT2D eigenvalue weighted by atomic mass is 10.2. The van der Waals surface area contributed by atoms with Crippen molar-refractivity contribution in [3.05, 3.63) is 41.5 Å². The van der Waals surface area contributed by atoms with E-state index in [4.69, 9.17) is 9.15 Å². The fraction of sp³-hybridized carbons (Fsp3) is 0.400. The highest BCUT2D eigenvalue weighted by Gasteiger charge is 2.30. The van der Waals surface area contributed by atoms with E-state index < -0.39 is 0 Å². The fourth-order valence-corrected chi connectivity index (χ4v) is 2.54. The van der Waals surface area contributed by atoms with Crippen LogP contribution in [0.3, 0.4) is 0 Å². The molecular formula is C15H17N3O3. The maximum Gasteiger partial charge on any atom is 0.257 e. The van der Waals surface area contributed by atoms with Crippen molar-refractivity contribution in [1.82, 2.24) is 15.1 Å². The normalized spacial score (nSPS) is 18.0. The van der Waals surface area contributed by atoms with Crippen LogP contribution in [0.25, 0.3) is 0 Å². The minimum atomic E-state index is -0.0426. The highest BCUT2D eigenvalue weighted by atomic mass is 16.5. The topological polar surface area (TPSA) is 68.5 Å². The Hall–Kier alpha value is -2.37. The first-order valence-corrected chi connectivity index (χ1v) is 6.94. The third-order valence-corrected chi connectivity index (χ3v) is 3.54. The Morgan fingerprint density at radius 1 is 1.48 bits per heavy atom. The van der Waals surface area contributed by atoms with Crippen LogP contribution < -0.4 is 4.74 Å². The molecule has 0 saturated carbocycles. The van der Waals surface area contributed by atoms with Crippen LogP contribution in [0.2, 0.25) is 0 Å². The van der Waals surface area contributed by atoms with Gasteiger partial charge in [-0.2, -0.15) is 5.10 Å². The van der Waals surface area contributed by atoms with Gasteiger partial charge in [0.15, 0.2) is 0 Å². The Bertz CT molecular complexity index is 639. The molecule has 1 amide bonds. The number of aromatic nitrogens is 2. The van der Waals surface area contributed by atoms with Crippen molar-refractivity contribution in [1.29, 1.82) is 0 Å². The van der Waals surface area contributed by atoms with Crippen LogP contribution in [0.1, 0.15) is 28.3 Å². The third-order valence-electron chi connectivity index (χ3n) is 3.54. The summed E-state index contributed by atoms with van der Waals surface area (Å²) in [5.74, 6) is 1.90. The van der Waals surface area contributed by atoms with E-state index >= 15 is 0 Å². The van der Waals surface area contributed by atoms with Crippen LogP contribution in [-0.4, -0.2) is 40.2 Å². The number of furan rings is 1. The van der Waals surface area contributed by atoms with Crippen molar-refractivity contribution < 1.29 is 13.9 Å². The van der Waals surface area contributed by atoms with Gasteiger partial charge in [-0.25, -0.2) is 0 Å². The number of nitrogens with zero attached hydrogens (tertiary/aromatic N) is 3. The monoisotopic (exact) mass is 287 g/mol. The van der Waals surface area contributed by atoms with Crippen LogP contribution in [0.4, 0.5) is 0 Å². The lowest BCUT2D eigenvalue weighted by Gasteiger charge is -2.16. The summed E-state index contributed by atoms with van der Waals surface area (Å²) < 4.78 is 11.2. The maximum absolute atomic E-state index is 12.5. The molecule has 0 N–H and O–H groups in total. The first kappa shape index (κ1) is 13.6. The SMILES string of the molecule is Cc1cc(C(=O)N2CC[C@H](Oc3cccnn3)C2)c(C)o1. The number of carbonyl (C=O) groups is 1. The van der Waals surface area contributed by atoms with Crippen LogP contribution in [0, 0.1) is 13.8 Å². The van der Waals surface area contributed by atoms with E-state index in [0.717, 1.165) is 12.2 Å². The van der Waals surface area contributed by atoms with E-state index in [-0.39, 0.29) is 12.0 Å². The van der Waals surface area contributed by atoms with E-state index in [1.54, 1.807) is 29.3 Å². The van der Waals surface area contributed by atoms with Gasteiger partial charge < -0.3 is 14.1 Å². The molecule has 0 aromatic carbocycles. The zero-order valence-electron chi connectivity index (χ0n) is 12.1. The van der Waals surface area contributed by atoms with Gasteiger partial charge in [-0.3, -0.25) is 4.79 Å². The largest absolute Gasteiger partial charge is 0.471 e. The number of likely N-dealkylation sites (tertiary alicyclic amines) is 1. The van der Waals surface area contributed by atoms with Crippen LogP contribution in [0.5, 0.6) is 5.88 Å². The van der Waals surface area contributed by atoms with Gasteiger partial charge in [-0.05, 0) is 26.0 Å². The Kier molecular flexibility index (Phi) is 3.60. The number of hydrogen-bond donors (Lipinski definition) is 0. The van der Waals surface area contributed by atoms with Crippen molar-refractivity contribution in [2.75, 3.05) is 13.1 Å². The van der Waals surface area contributed by atoms with Crippen molar-refractivity contribution >= 4 is 5.91 Å². The van der Waals surface area contributed by atoms with Gasteiger partial charge in [-0.1, -0.05) is 0 Å². The molecule has 2 aromatic heterocycles. The first-order chi connectivity index (χ1) is 10.1. The molecule has 2 aromatic rings. The molecule has 6 heteroatoms. The summed E-state index contributed by atoms with van der Waals surface area (Å²) in [7, 11) is 0. The zero-order valence-corrected chi connectivity index (χ0v) is 12.1. The number of hydrogen-bond acceptors (Lipinski definition) is 5. The molecule has 1 fully saturated rings. The van der Waals surface area contributed by atoms with Gasteiger partial charge in [0.2, 0.25) is 5.88 Å². The molecule has 1 saturated heterocycles. The second kappa shape index (κ2) is 5.55. The Morgan fingerprint density at radius 3 is 3.00 bits per heavy atom. The summed E-state index contributed by atoms with van der Waals surface area (Å²) in [6.45, 7) is 4.88. The maximum atomic E-state index is 12.5. The van der Waals surface area contributed by atoms with Crippen LogP contribution in [-0.2, 0) is 0 Å². The van der Waals surface area contributed by atoms with Gasteiger partial charge in [0.1, 0.15) is 17.6 Å². The van der Waals surface area contributed by atoms with Crippen LogP contribution in [0.15, 0.2) is 28.8 Å². The van der Waals surface area contributed by atoms with Gasteiger partial charge >= 0.3 is 0 Å². The molecule has 21 heavy (non-hydrogen) atoms. The van der Waals surface area contributed by atoms with Crippen molar-refractivity contribution in [3.8, 4) is 5.88 Å². The second-order valence-electron chi connectivity index (χ2n) is 5.17. The zero-order chi connectivity index (χ0) is 14.8. The molecule has 0 bridgehead atoms. The molecular weight excluding hydrogens is 270 g/mol. The lowest BCUT2D eigenvalue weighted by Crippen LogP contribution is -2.31. The van der Waals surface area contributed by atoms with Crippen molar-refractivity contribution in [3.63, 3.8) is 0 Å². The summed E-state index contributed by atoms with van der Waals surface area (Å²) in [6.07, 6.45) is 2.35. The molecule has 0 aliphatic carbocycles. The molecule has 1 aliphatic rings. The summed E-state index contributed by atoms with van der Waals surface area (Å²) in [5.41, 5.74) is 0.632. The van der Waals surface area contributed by atoms with Gasteiger partial charge in [-0.15, -0.1) is 5.10 Å². The van der Waals surface area contributed by atoms with Crippen molar-refractivity contribution in [2.45, 2.75) is 26.4 Å². The van der Waals surface area contributed by atoms with E-state index in [1.165, 1.54) is 0 Å². The quantitative estimate of drug-likeness (QED) is 0.863. The molecule has 1 aliphatic heterocycles. The minimum absolute atomic E-state index is 0.00500. The molecule has 6 nitrogen and oxygen atoms in total. The third kappa shape index (κ3) is 2.89. The summed E-state index contributed by atoms with van der Waals surface area (Å²) in [6, 6.07) is 5.33. The molecule has 110 valence electrons. The number of aryl methyl sites for hydroxylation is 2. The number of amides is 1. The van der Waals surface area contributed by atoms with E-state index in [1.807, 2.05) is 13.8 Å². The Labute approximate surface area is 122 Å². The van der Waals surface area contributed by atoms with Gasteiger partial charge in [0.25, 0.3) is 5.91 Å². The molecule has 1 atom stereocenters. The average molecular weight is 287 g/mol. The Balaban J connectivity index is 1.64. The highest BCUT2D eigenvalue weighted by Crippen LogP contribution is 2.21.